The lowest BCUT2D eigenvalue weighted by Crippen LogP contribution is -2.19. The summed E-state index contributed by atoms with van der Waals surface area (Å²) in [4.78, 5) is 0. The summed E-state index contributed by atoms with van der Waals surface area (Å²) >= 11 is 0. The summed E-state index contributed by atoms with van der Waals surface area (Å²) in [5.41, 5.74) is 1.02. The highest BCUT2D eigenvalue weighted by Crippen LogP contribution is 2.41. The van der Waals surface area contributed by atoms with Crippen molar-refractivity contribution in [1.82, 2.24) is 0 Å². The molecule has 110 valence electrons. The van der Waals surface area contributed by atoms with E-state index in [1.165, 1.54) is 37.4 Å². The SMILES string of the molecule is COc1ccc(C2C[C@@H](O)c3cc(F)ccc3O2)cc1F. The van der Waals surface area contributed by atoms with Gasteiger partial charge in [0, 0.05) is 12.0 Å². The lowest BCUT2D eigenvalue weighted by Gasteiger charge is -2.30. The fourth-order valence-corrected chi connectivity index (χ4v) is 2.51. The van der Waals surface area contributed by atoms with Crippen LogP contribution in [-0.2, 0) is 0 Å². The standard InChI is InChI=1S/C16H14F2O3/c1-20-15-4-2-9(6-12(15)18)16-8-13(19)11-7-10(17)3-5-14(11)21-16/h2-7,13,16,19H,8H2,1H3/t13-,16?/m1/s1. The van der Waals surface area contributed by atoms with Crippen LogP contribution < -0.4 is 9.47 Å². The van der Waals surface area contributed by atoms with Crippen LogP contribution in [0.3, 0.4) is 0 Å². The maximum absolute atomic E-state index is 13.8. The second-order valence-electron chi connectivity index (χ2n) is 4.93. The Bertz CT molecular complexity index is 673. The first-order valence-corrected chi connectivity index (χ1v) is 6.56. The second-order valence-corrected chi connectivity index (χ2v) is 4.93. The number of aliphatic hydroxyl groups excluding tert-OH is 1. The van der Waals surface area contributed by atoms with Gasteiger partial charge in [-0.1, -0.05) is 6.07 Å². The molecule has 2 aromatic rings. The number of hydrogen-bond donors (Lipinski definition) is 1. The highest BCUT2D eigenvalue weighted by Gasteiger charge is 2.28. The third-order valence-electron chi connectivity index (χ3n) is 3.59. The number of rotatable bonds is 2. The Hall–Kier alpha value is -2.14. The monoisotopic (exact) mass is 292 g/mol. The van der Waals surface area contributed by atoms with Crippen LogP contribution in [0.4, 0.5) is 8.78 Å². The van der Waals surface area contributed by atoms with E-state index in [1.54, 1.807) is 6.07 Å². The third-order valence-corrected chi connectivity index (χ3v) is 3.59. The molecule has 0 fully saturated rings. The first kappa shape index (κ1) is 13.8. The third kappa shape index (κ3) is 2.56. The predicted molar refractivity (Wildman–Crippen MR) is 72.3 cm³/mol. The number of methoxy groups -OCH3 is 1. The molecule has 3 nitrogen and oxygen atoms in total. The van der Waals surface area contributed by atoms with Crippen LogP contribution in [0, 0.1) is 11.6 Å². The minimum atomic E-state index is -0.848. The topological polar surface area (TPSA) is 38.7 Å². The van der Waals surface area contributed by atoms with Gasteiger partial charge in [0.1, 0.15) is 17.7 Å². The maximum Gasteiger partial charge on any atom is 0.165 e. The average molecular weight is 292 g/mol. The Labute approximate surface area is 120 Å². The number of halogens is 2. The van der Waals surface area contributed by atoms with Gasteiger partial charge in [0.15, 0.2) is 11.6 Å². The smallest absolute Gasteiger partial charge is 0.165 e. The van der Waals surface area contributed by atoms with E-state index < -0.39 is 23.8 Å². The van der Waals surface area contributed by atoms with Gasteiger partial charge in [0.2, 0.25) is 0 Å². The van der Waals surface area contributed by atoms with Gasteiger partial charge >= 0.3 is 0 Å². The molecular formula is C16H14F2O3. The molecule has 0 saturated heterocycles. The van der Waals surface area contributed by atoms with Crippen molar-refractivity contribution in [3.8, 4) is 11.5 Å². The molecule has 0 bridgehead atoms. The van der Waals surface area contributed by atoms with Gasteiger partial charge in [-0.05, 0) is 35.9 Å². The molecule has 1 heterocycles. The zero-order valence-corrected chi connectivity index (χ0v) is 11.3. The van der Waals surface area contributed by atoms with E-state index in [2.05, 4.69) is 0 Å². The van der Waals surface area contributed by atoms with Gasteiger partial charge in [-0.25, -0.2) is 8.78 Å². The summed E-state index contributed by atoms with van der Waals surface area (Å²) in [5.74, 6) is -0.350. The van der Waals surface area contributed by atoms with Gasteiger partial charge in [-0.2, -0.15) is 0 Å². The van der Waals surface area contributed by atoms with E-state index >= 15 is 0 Å². The zero-order chi connectivity index (χ0) is 15.0. The van der Waals surface area contributed by atoms with Crippen molar-refractivity contribution < 1.29 is 23.4 Å². The van der Waals surface area contributed by atoms with Gasteiger partial charge in [0.25, 0.3) is 0 Å². The zero-order valence-electron chi connectivity index (χ0n) is 11.3. The molecule has 1 unspecified atom stereocenters. The number of hydrogen-bond acceptors (Lipinski definition) is 3. The molecule has 2 aromatic carbocycles. The summed E-state index contributed by atoms with van der Waals surface area (Å²) in [6, 6.07) is 8.52. The number of ether oxygens (including phenoxy) is 2. The molecule has 0 saturated carbocycles. The van der Waals surface area contributed by atoms with Crippen LogP contribution in [-0.4, -0.2) is 12.2 Å². The molecule has 0 aromatic heterocycles. The van der Waals surface area contributed by atoms with Crippen LogP contribution in [0.5, 0.6) is 11.5 Å². The Morgan fingerprint density at radius 1 is 1.19 bits per heavy atom. The summed E-state index contributed by atoms with van der Waals surface area (Å²) < 4.78 is 37.6. The van der Waals surface area contributed by atoms with E-state index in [0.29, 0.717) is 16.9 Å². The van der Waals surface area contributed by atoms with Gasteiger partial charge in [0.05, 0.1) is 13.2 Å². The molecule has 21 heavy (non-hydrogen) atoms. The number of aliphatic hydroxyl groups is 1. The lowest BCUT2D eigenvalue weighted by molar-refractivity contribution is 0.0651. The minimum absolute atomic E-state index is 0.151. The maximum atomic E-state index is 13.8. The Kier molecular flexibility index (Phi) is 3.51. The summed E-state index contributed by atoms with van der Waals surface area (Å²) in [6.45, 7) is 0. The first-order chi connectivity index (χ1) is 10.1. The molecular weight excluding hydrogens is 278 g/mol. The minimum Gasteiger partial charge on any atom is -0.494 e. The molecule has 3 rings (SSSR count). The van der Waals surface area contributed by atoms with Crippen LogP contribution in [0.15, 0.2) is 36.4 Å². The van der Waals surface area contributed by atoms with E-state index in [4.69, 9.17) is 9.47 Å². The summed E-state index contributed by atoms with van der Waals surface area (Å²) in [5, 5.41) is 10.1. The fraction of sp³-hybridized carbons (Fsp3) is 0.250. The predicted octanol–water partition coefficient (Wildman–Crippen LogP) is 3.53. The van der Waals surface area contributed by atoms with Crippen molar-refractivity contribution in [1.29, 1.82) is 0 Å². The highest BCUT2D eigenvalue weighted by molar-refractivity contribution is 5.39. The molecule has 0 aliphatic carbocycles. The molecule has 1 aliphatic rings. The molecule has 1 aliphatic heterocycles. The molecule has 2 atom stereocenters. The van der Waals surface area contributed by atoms with Crippen molar-refractivity contribution >= 4 is 0 Å². The molecule has 0 radical (unpaired) electrons. The molecule has 5 heteroatoms. The van der Waals surface area contributed by atoms with Crippen molar-refractivity contribution in [3.63, 3.8) is 0 Å². The van der Waals surface area contributed by atoms with E-state index in [0.717, 1.165) is 0 Å². The molecule has 0 spiro atoms. The van der Waals surface area contributed by atoms with Gasteiger partial charge in [-0.15, -0.1) is 0 Å². The van der Waals surface area contributed by atoms with E-state index in [9.17, 15) is 13.9 Å². The molecule has 0 amide bonds. The average Bonchev–Trinajstić information content (AvgIpc) is 2.47. The van der Waals surface area contributed by atoms with Crippen molar-refractivity contribution in [2.24, 2.45) is 0 Å². The fourth-order valence-electron chi connectivity index (χ4n) is 2.51. The number of benzene rings is 2. The van der Waals surface area contributed by atoms with E-state index in [-0.39, 0.29) is 12.2 Å². The van der Waals surface area contributed by atoms with E-state index in [1.807, 2.05) is 0 Å². The summed E-state index contributed by atoms with van der Waals surface area (Å²) in [7, 11) is 1.39. The Morgan fingerprint density at radius 2 is 2.00 bits per heavy atom. The largest absolute Gasteiger partial charge is 0.494 e. The highest BCUT2D eigenvalue weighted by atomic mass is 19.1. The van der Waals surface area contributed by atoms with Crippen LogP contribution >= 0.6 is 0 Å². The normalized spacial score (nSPS) is 20.6. The number of fused-ring (bicyclic) bond motifs is 1. The van der Waals surface area contributed by atoms with Crippen molar-refractivity contribution in [3.05, 3.63) is 59.2 Å². The quantitative estimate of drug-likeness (QED) is 0.920. The lowest BCUT2D eigenvalue weighted by atomic mass is 9.95. The van der Waals surface area contributed by atoms with Crippen molar-refractivity contribution in [2.45, 2.75) is 18.6 Å². The summed E-state index contributed by atoms with van der Waals surface area (Å²) in [6.07, 6.45) is -1.10. The van der Waals surface area contributed by atoms with Crippen LogP contribution in [0.1, 0.15) is 29.8 Å². The Morgan fingerprint density at radius 3 is 2.71 bits per heavy atom. The van der Waals surface area contributed by atoms with Crippen molar-refractivity contribution in [2.75, 3.05) is 7.11 Å². The van der Waals surface area contributed by atoms with Crippen LogP contribution in [0.2, 0.25) is 0 Å². The van der Waals surface area contributed by atoms with Crippen LogP contribution in [0.25, 0.3) is 0 Å². The second kappa shape index (κ2) is 5.33. The first-order valence-electron chi connectivity index (χ1n) is 6.56. The van der Waals surface area contributed by atoms with Gasteiger partial charge in [-0.3, -0.25) is 0 Å². The molecule has 1 N–H and O–H groups in total. The van der Waals surface area contributed by atoms with Gasteiger partial charge < -0.3 is 14.6 Å². The Balaban J connectivity index is 1.92.